The Hall–Kier alpha value is -3.20. The predicted octanol–water partition coefficient (Wildman–Crippen LogP) is 5.96. The highest BCUT2D eigenvalue weighted by atomic mass is 19.4. The van der Waals surface area contributed by atoms with Gasteiger partial charge in [-0.15, -0.1) is 0 Å². The van der Waals surface area contributed by atoms with Gasteiger partial charge < -0.3 is 21.7 Å². The van der Waals surface area contributed by atoms with Crippen LogP contribution in [-0.4, -0.2) is 22.8 Å². The number of benzene rings is 2. The molecule has 0 saturated carbocycles. The van der Waals surface area contributed by atoms with E-state index in [0.29, 0.717) is 0 Å². The van der Waals surface area contributed by atoms with E-state index in [-0.39, 0.29) is 12.1 Å². The van der Waals surface area contributed by atoms with Crippen molar-refractivity contribution in [1.82, 2.24) is 0 Å². The minimum atomic E-state index is -6.75. The average Bonchev–Trinajstić information content (AvgIpc) is 2.62. The number of nitrogens with two attached hydrogens (primary N) is 2. The summed E-state index contributed by atoms with van der Waals surface area (Å²) in [6.45, 7) is 0. The molecule has 2 aromatic carbocycles. The fourth-order valence-corrected chi connectivity index (χ4v) is 2.98. The Kier molecular flexibility index (Phi) is 6.07. The summed E-state index contributed by atoms with van der Waals surface area (Å²) in [5.41, 5.74) is -10.2. The molecule has 0 radical (unpaired) electrons. The van der Waals surface area contributed by atoms with Gasteiger partial charge in [-0.25, -0.2) is 13.2 Å². The summed E-state index contributed by atoms with van der Waals surface area (Å²) < 4.78 is 162. The molecule has 0 fully saturated rings. The number of hydrogen-bond donors (Lipinski definition) is 4. The van der Waals surface area contributed by atoms with Crippen molar-refractivity contribution in [3.63, 3.8) is 0 Å². The average molecular weight is 502 g/mol. The topological polar surface area (TPSA) is 92.5 Å². The molecule has 0 amide bonds. The molecule has 16 heteroatoms. The quantitative estimate of drug-likeness (QED) is 0.237. The number of nitrogen functional groups attached to an aromatic ring is 2. The first-order valence-electron chi connectivity index (χ1n) is 8.12. The van der Waals surface area contributed by atoms with Gasteiger partial charge >= 0.3 is 18.5 Å². The van der Waals surface area contributed by atoms with Gasteiger partial charge in [-0.2, -0.15) is 39.5 Å². The van der Waals surface area contributed by atoms with Crippen molar-refractivity contribution in [2.75, 3.05) is 11.5 Å². The Bertz CT molecular complexity index is 1080. The van der Waals surface area contributed by atoms with Crippen LogP contribution in [0, 0.1) is 0 Å². The van der Waals surface area contributed by atoms with Crippen molar-refractivity contribution in [3.05, 3.63) is 34.9 Å². The molecule has 4 nitrogen and oxygen atoms in total. The van der Waals surface area contributed by atoms with Crippen molar-refractivity contribution in [3.8, 4) is 22.6 Å². The van der Waals surface area contributed by atoms with E-state index in [1.165, 1.54) is 0 Å². The van der Waals surface area contributed by atoms with Crippen molar-refractivity contribution < 1.29 is 62.9 Å². The maximum absolute atomic E-state index is 14.9. The number of hydrogen-bond acceptors (Lipinski definition) is 4. The second-order valence-electron chi connectivity index (χ2n) is 6.57. The molecule has 1 atom stereocenters. The third kappa shape index (κ3) is 4.25. The van der Waals surface area contributed by atoms with Crippen LogP contribution in [0.4, 0.5) is 64.1 Å². The molecule has 0 bridgehead atoms. The van der Waals surface area contributed by atoms with Crippen LogP contribution in [0.25, 0.3) is 11.1 Å². The second kappa shape index (κ2) is 7.69. The zero-order chi connectivity index (χ0) is 25.9. The Morgan fingerprint density at radius 2 is 1.12 bits per heavy atom. The highest BCUT2D eigenvalue weighted by Crippen LogP contribution is 2.57. The summed E-state index contributed by atoms with van der Waals surface area (Å²) >= 11 is 0. The number of aromatic hydroxyl groups is 2. The minimum absolute atomic E-state index is 0.0433. The lowest BCUT2D eigenvalue weighted by atomic mass is 9.82. The van der Waals surface area contributed by atoms with Gasteiger partial charge in [0.1, 0.15) is 11.5 Å². The van der Waals surface area contributed by atoms with E-state index < -0.39 is 87.4 Å². The van der Waals surface area contributed by atoms with Crippen LogP contribution < -0.4 is 11.5 Å². The largest absolute Gasteiger partial charge is 0.506 e. The molecule has 0 aliphatic carbocycles. The molecule has 0 aliphatic heterocycles. The number of phenolic OH excluding ortho intramolecular Hbond substituents is 2. The Labute approximate surface area is 175 Å². The maximum atomic E-state index is 14.9. The van der Waals surface area contributed by atoms with Gasteiger partial charge in [0.25, 0.3) is 12.1 Å². The minimum Gasteiger partial charge on any atom is -0.506 e. The van der Waals surface area contributed by atoms with E-state index >= 15 is 0 Å². The normalized spacial score (nSPS) is 15.1. The molecule has 0 heterocycles. The summed E-state index contributed by atoms with van der Waals surface area (Å²) in [5, 5.41) is 19.3. The first-order valence-corrected chi connectivity index (χ1v) is 8.12. The van der Waals surface area contributed by atoms with Gasteiger partial charge in [-0.05, 0) is 23.8 Å². The van der Waals surface area contributed by atoms with Gasteiger partial charge in [0, 0.05) is 11.1 Å². The molecule has 0 aliphatic rings. The molecule has 0 saturated heterocycles. The molecule has 2 rings (SSSR count). The number of alkyl halides is 12. The lowest BCUT2D eigenvalue weighted by Crippen LogP contribution is -2.46. The Morgan fingerprint density at radius 1 is 0.667 bits per heavy atom. The molecule has 33 heavy (non-hydrogen) atoms. The monoisotopic (exact) mass is 502 g/mol. The fraction of sp³-hybridized carbons (Fsp3) is 0.294. The van der Waals surface area contributed by atoms with E-state index in [9.17, 15) is 62.9 Å². The molecular formula is C17H10F12N2O2. The van der Waals surface area contributed by atoms with E-state index in [2.05, 4.69) is 0 Å². The van der Waals surface area contributed by atoms with Gasteiger partial charge in [-0.3, -0.25) is 0 Å². The maximum Gasteiger partial charge on any atom is 0.432 e. The number of anilines is 2. The summed E-state index contributed by atoms with van der Waals surface area (Å²) in [4.78, 5) is 0. The van der Waals surface area contributed by atoms with Crippen molar-refractivity contribution in [1.29, 1.82) is 0 Å². The predicted molar refractivity (Wildman–Crippen MR) is 88.9 cm³/mol. The van der Waals surface area contributed by atoms with Crippen molar-refractivity contribution in [2.24, 2.45) is 0 Å². The lowest BCUT2D eigenvalue weighted by Gasteiger charge is -2.32. The Morgan fingerprint density at radius 3 is 1.52 bits per heavy atom. The number of phenols is 2. The van der Waals surface area contributed by atoms with Gasteiger partial charge in [0.05, 0.1) is 22.5 Å². The molecule has 0 spiro atoms. The summed E-state index contributed by atoms with van der Waals surface area (Å²) in [5.74, 6) is -3.28. The van der Waals surface area contributed by atoms with Crippen LogP contribution >= 0.6 is 0 Å². The van der Waals surface area contributed by atoms with Crippen LogP contribution in [0.2, 0.25) is 0 Å². The van der Waals surface area contributed by atoms with Gasteiger partial charge in [0.15, 0.2) is 0 Å². The van der Waals surface area contributed by atoms with Crippen molar-refractivity contribution >= 4 is 11.4 Å². The van der Waals surface area contributed by atoms with Crippen LogP contribution in [0.15, 0.2) is 18.2 Å². The Balaban J connectivity index is 3.24. The van der Waals surface area contributed by atoms with Crippen LogP contribution in [0.3, 0.4) is 0 Å². The molecule has 184 valence electrons. The third-order valence-corrected chi connectivity index (χ3v) is 4.48. The molecule has 2 aromatic rings. The molecule has 0 aromatic heterocycles. The molecular weight excluding hydrogens is 492 g/mol. The van der Waals surface area contributed by atoms with E-state index in [1.54, 1.807) is 0 Å². The highest BCUT2D eigenvalue weighted by molar-refractivity contribution is 5.88. The van der Waals surface area contributed by atoms with Crippen LogP contribution in [-0.2, 0) is 18.0 Å². The summed E-state index contributed by atoms with van der Waals surface area (Å²) in [6, 6.07) is -0.786. The first kappa shape index (κ1) is 26.1. The van der Waals surface area contributed by atoms with Crippen LogP contribution in [0.5, 0.6) is 11.5 Å². The zero-order valence-electron chi connectivity index (χ0n) is 15.4. The van der Waals surface area contributed by atoms with Gasteiger partial charge in [0.2, 0.25) is 0 Å². The van der Waals surface area contributed by atoms with Crippen molar-refractivity contribution in [2.45, 2.75) is 30.6 Å². The summed E-state index contributed by atoms with van der Waals surface area (Å²) in [6.07, 6.45) is -23.5. The number of rotatable bonds is 3. The SMILES string of the molecule is Nc1c(O)cc(-c2c(N)c(O)cc(C(F)(F)F)c2C(F)(C(F)F)C(F)(F)F)cc1C(F)(F)F. The first-order chi connectivity index (χ1) is 14.7. The van der Waals surface area contributed by atoms with Crippen LogP contribution in [0.1, 0.15) is 16.7 Å². The highest BCUT2D eigenvalue weighted by Gasteiger charge is 2.67. The third-order valence-electron chi connectivity index (χ3n) is 4.48. The summed E-state index contributed by atoms with van der Waals surface area (Å²) in [7, 11) is 0. The molecule has 6 N–H and O–H groups in total. The van der Waals surface area contributed by atoms with E-state index in [1.807, 2.05) is 0 Å². The fourth-order valence-electron chi connectivity index (χ4n) is 2.98. The molecule has 1 unspecified atom stereocenters. The zero-order valence-corrected chi connectivity index (χ0v) is 15.4. The van der Waals surface area contributed by atoms with Gasteiger partial charge in [-0.1, -0.05) is 0 Å². The standard InChI is InChI=1S/C17H10F12N2O2/c18-13(19)14(20,17(27,28)29)10-5(15(21,22)23)3-8(33)12(31)9(10)4-1-6(16(24,25)26)11(30)7(32)2-4/h1-3,13,32-33H,30-31H2. The lowest BCUT2D eigenvalue weighted by molar-refractivity contribution is -0.275. The van der Waals surface area contributed by atoms with E-state index in [0.717, 1.165) is 0 Å². The second-order valence-corrected chi connectivity index (χ2v) is 6.57. The van der Waals surface area contributed by atoms with E-state index in [4.69, 9.17) is 11.5 Å². The smallest absolute Gasteiger partial charge is 0.432 e. The number of halogens is 12.